The van der Waals surface area contributed by atoms with Gasteiger partial charge in [0.05, 0.1) is 0 Å². The summed E-state index contributed by atoms with van der Waals surface area (Å²) in [6.45, 7) is 0.818. The minimum absolute atomic E-state index is 0. The number of carbonyl (C=O) groups excluding carboxylic acids is 1. The summed E-state index contributed by atoms with van der Waals surface area (Å²) in [5.41, 5.74) is 0.366. The first-order valence-electron chi connectivity index (χ1n) is 6.89. The third-order valence-corrected chi connectivity index (χ3v) is 5.99. The van der Waals surface area contributed by atoms with Crippen LogP contribution in [0.3, 0.4) is 0 Å². The van der Waals surface area contributed by atoms with E-state index in [1.165, 1.54) is 6.07 Å². The Hall–Kier alpha value is -1.25. The van der Waals surface area contributed by atoms with Gasteiger partial charge < -0.3 is 10.6 Å². The number of halogens is 3. The van der Waals surface area contributed by atoms with Crippen molar-refractivity contribution in [3.8, 4) is 0 Å². The summed E-state index contributed by atoms with van der Waals surface area (Å²) in [6.07, 6.45) is 1.43. The van der Waals surface area contributed by atoms with E-state index in [1.807, 2.05) is 0 Å². The van der Waals surface area contributed by atoms with E-state index in [1.54, 1.807) is 0 Å². The monoisotopic (exact) mass is 368 g/mol. The van der Waals surface area contributed by atoms with Crippen molar-refractivity contribution in [2.75, 3.05) is 19.3 Å². The maximum atomic E-state index is 13.1. The molecule has 0 aromatic heterocycles. The fraction of sp³-hybridized carbons (Fsp3) is 0.500. The van der Waals surface area contributed by atoms with Crippen LogP contribution in [0.15, 0.2) is 18.2 Å². The fourth-order valence-corrected chi connectivity index (χ4v) is 3.94. The normalized spacial score (nSPS) is 17.2. The van der Waals surface area contributed by atoms with E-state index < -0.39 is 32.1 Å². The zero-order valence-corrected chi connectivity index (χ0v) is 14.2. The average Bonchev–Trinajstić information content (AvgIpc) is 2.47. The van der Waals surface area contributed by atoms with Crippen LogP contribution >= 0.6 is 12.4 Å². The zero-order chi connectivity index (χ0) is 16.4. The lowest BCUT2D eigenvalue weighted by Crippen LogP contribution is -2.57. The summed E-state index contributed by atoms with van der Waals surface area (Å²) < 4.78 is 48.6. The number of amides is 1. The smallest absolute Gasteiger partial charge is 0.241 e. The summed E-state index contributed by atoms with van der Waals surface area (Å²) in [4.78, 5) is 12.4. The second-order valence-electron chi connectivity index (χ2n) is 5.45. The quantitative estimate of drug-likeness (QED) is 0.836. The highest BCUT2D eigenvalue weighted by molar-refractivity contribution is 7.92. The van der Waals surface area contributed by atoms with Gasteiger partial charge in [0.1, 0.15) is 0 Å². The molecular weight excluding hydrogens is 350 g/mol. The second-order valence-corrected chi connectivity index (χ2v) is 7.77. The molecule has 0 aliphatic carbocycles. The minimum atomic E-state index is -3.59. The zero-order valence-electron chi connectivity index (χ0n) is 12.6. The van der Waals surface area contributed by atoms with Crippen LogP contribution in [-0.4, -0.2) is 38.4 Å². The van der Waals surface area contributed by atoms with Crippen LogP contribution in [0.2, 0.25) is 0 Å². The molecule has 1 aliphatic heterocycles. The third-order valence-electron chi connectivity index (χ3n) is 3.97. The van der Waals surface area contributed by atoms with E-state index >= 15 is 0 Å². The molecule has 1 aromatic carbocycles. The molecule has 1 fully saturated rings. The number of carbonyl (C=O) groups is 1. The number of benzene rings is 1. The lowest BCUT2D eigenvalue weighted by Gasteiger charge is -2.34. The predicted molar refractivity (Wildman–Crippen MR) is 85.1 cm³/mol. The molecule has 2 N–H and O–H groups in total. The van der Waals surface area contributed by atoms with Gasteiger partial charge in [-0.2, -0.15) is 0 Å². The fourth-order valence-electron chi connectivity index (χ4n) is 2.59. The molecule has 9 heteroatoms. The van der Waals surface area contributed by atoms with E-state index in [4.69, 9.17) is 0 Å². The molecule has 0 atom stereocenters. The van der Waals surface area contributed by atoms with Gasteiger partial charge >= 0.3 is 0 Å². The van der Waals surface area contributed by atoms with Gasteiger partial charge in [-0.3, -0.25) is 4.79 Å². The van der Waals surface area contributed by atoms with Crippen molar-refractivity contribution >= 4 is 28.2 Å². The van der Waals surface area contributed by atoms with Crippen molar-refractivity contribution in [2.24, 2.45) is 0 Å². The third kappa shape index (κ3) is 4.19. The Labute approximate surface area is 140 Å². The van der Waals surface area contributed by atoms with Crippen LogP contribution in [0.25, 0.3) is 0 Å². The second kappa shape index (κ2) is 7.55. The lowest BCUT2D eigenvalue weighted by molar-refractivity contribution is -0.124. The standard InChI is InChI=1S/C14H18F2N2O3S.ClH/c1-22(20,21)14(4-6-17-7-5-14)13(19)18-9-10-2-3-11(15)12(16)8-10;/h2-3,8,17H,4-7,9H2,1H3,(H,18,19);1H. The van der Waals surface area contributed by atoms with E-state index in [-0.39, 0.29) is 31.8 Å². The molecule has 1 heterocycles. The molecule has 23 heavy (non-hydrogen) atoms. The molecule has 0 spiro atoms. The van der Waals surface area contributed by atoms with Crippen molar-refractivity contribution in [2.45, 2.75) is 24.1 Å². The van der Waals surface area contributed by atoms with E-state index in [0.717, 1.165) is 18.4 Å². The summed E-state index contributed by atoms with van der Waals surface area (Å²) >= 11 is 0. The maximum Gasteiger partial charge on any atom is 0.241 e. The number of nitrogens with one attached hydrogen (secondary N) is 2. The molecule has 1 saturated heterocycles. The highest BCUT2D eigenvalue weighted by atomic mass is 35.5. The van der Waals surface area contributed by atoms with Crippen LogP contribution < -0.4 is 10.6 Å². The van der Waals surface area contributed by atoms with E-state index in [2.05, 4.69) is 10.6 Å². The van der Waals surface area contributed by atoms with Crippen molar-refractivity contribution < 1.29 is 22.0 Å². The molecule has 2 rings (SSSR count). The Bertz CT molecular complexity index is 677. The first kappa shape index (κ1) is 19.8. The maximum absolute atomic E-state index is 13.1. The number of piperidine rings is 1. The van der Waals surface area contributed by atoms with Gasteiger partial charge in [-0.05, 0) is 43.6 Å². The van der Waals surface area contributed by atoms with Gasteiger partial charge in [0.2, 0.25) is 5.91 Å². The van der Waals surface area contributed by atoms with Crippen LogP contribution in [0.4, 0.5) is 8.78 Å². The summed E-state index contributed by atoms with van der Waals surface area (Å²) in [5.74, 6) is -2.58. The van der Waals surface area contributed by atoms with Gasteiger partial charge in [0, 0.05) is 12.8 Å². The van der Waals surface area contributed by atoms with Crippen molar-refractivity contribution in [1.29, 1.82) is 0 Å². The molecule has 0 saturated carbocycles. The molecule has 1 amide bonds. The number of hydrogen-bond donors (Lipinski definition) is 2. The largest absolute Gasteiger partial charge is 0.351 e. The van der Waals surface area contributed by atoms with Gasteiger partial charge in [-0.15, -0.1) is 12.4 Å². The van der Waals surface area contributed by atoms with Gasteiger partial charge in [0.25, 0.3) is 0 Å². The highest BCUT2D eigenvalue weighted by Gasteiger charge is 2.48. The summed E-state index contributed by atoms with van der Waals surface area (Å²) in [7, 11) is -3.59. The molecule has 1 aromatic rings. The molecular formula is C14H19ClF2N2O3S. The number of rotatable bonds is 4. The molecule has 130 valence electrons. The first-order chi connectivity index (χ1) is 10.3. The Kier molecular flexibility index (Phi) is 6.49. The summed E-state index contributed by atoms with van der Waals surface area (Å²) in [6, 6.07) is 3.28. The van der Waals surface area contributed by atoms with Gasteiger partial charge in [-0.25, -0.2) is 17.2 Å². The van der Waals surface area contributed by atoms with E-state index in [0.29, 0.717) is 18.7 Å². The lowest BCUT2D eigenvalue weighted by atomic mass is 9.95. The molecule has 5 nitrogen and oxygen atoms in total. The Morgan fingerprint density at radius 2 is 1.87 bits per heavy atom. The van der Waals surface area contributed by atoms with Gasteiger partial charge in [0.15, 0.2) is 26.2 Å². The van der Waals surface area contributed by atoms with Crippen molar-refractivity contribution in [1.82, 2.24) is 10.6 Å². The molecule has 0 bridgehead atoms. The SMILES string of the molecule is CS(=O)(=O)C1(C(=O)NCc2ccc(F)c(F)c2)CCNCC1.Cl. The van der Waals surface area contributed by atoms with Crippen LogP contribution in [0.5, 0.6) is 0 Å². The van der Waals surface area contributed by atoms with Crippen LogP contribution in [0, 0.1) is 11.6 Å². The number of hydrogen-bond acceptors (Lipinski definition) is 4. The molecule has 0 unspecified atom stereocenters. The minimum Gasteiger partial charge on any atom is -0.351 e. The summed E-state index contributed by atoms with van der Waals surface area (Å²) in [5, 5.41) is 5.55. The van der Waals surface area contributed by atoms with Crippen molar-refractivity contribution in [3.05, 3.63) is 35.4 Å². The highest BCUT2D eigenvalue weighted by Crippen LogP contribution is 2.28. The predicted octanol–water partition coefficient (Wildman–Crippen LogP) is 1.17. The first-order valence-corrected chi connectivity index (χ1v) is 8.78. The van der Waals surface area contributed by atoms with Gasteiger partial charge in [-0.1, -0.05) is 6.07 Å². The Morgan fingerprint density at radius 3 is 2.39 bits per heavy atom. The average molecular weight is 369 g/mol. The topological polar surface area (TPSA) is 75.3 Å². The molecule has 0 radical (unpaired) electrons. The molecule has 1 aliphatic rings. The van der Waals surface area contributed by atoms with Crippen LogP contribution in [-0.2, 0) is 21.2 Å². The van der Waals surface area contributed by atoms with Crippen LogP contribution in [0.1, 0.15) is 18.4 Å². The Morgan fingerprint density at radius 1 is 1.26 bits per heavy atom. The van der Waals surface area contributed by atoms with E-state index in [9.17, 15) is 22.0 Å². The Balaban J connectivity index is 0.00000264. The van der Waals surface area contributed by atoms with Crippen molar-refractivity contribution in [3.63, 3.8) is 0 Å². The number of sulfone groups is 1.